The van der Waals surface area contributed by atoms with Crippen LogP contribution in [0.2, 0.25) is 0 Å². The molecule has 0 fully saturated rings. The van der Waals surface area contributed by atoms with Crippen molar-refractivity contribution in [3.63, 3.8) is 0 Å². The van der Waals surface area contributed by atoms with Crippen LogP contribution in [0.1, 0.15) is 5.76 Å². The van der Waals surface area contributed by atoms with E-state index in [2.05, 4.69) is 10.1 Å². The van der Waals surface area contributed by atoms with Gasteiger partial charge in [0.2, 0.25) is 0 Å². The molecule has 16 heavy (non-hydrogen) atoms. The number of aromatic nitrogens is 3. The molecule has 0 bridgehead atoms. The summed E-state index contributed by atoms with van der Waals surface area (Å²) in [7, 11) is 0. The Hall–Kier alpha value is -2.30. The lowest BCUT2D eigenvalue weighted by atomic mass is 10.4. The average molecular weight is 215 g/mol. The van der Waals surface area contributed by atoms with Crippen LogP contribution in [0.5, 0.6) is 0 Å². The monoisotopic (exact) mass is 215 g/mol. The molecule has 0 atom stereocenters. The number of fused-ring (bicyclic) bond motifs is 1. The average Bonchev–Trinajstić information content (AvgIpc) is 2.84. The second-order valence-electron chi connectivity index (χ2n) is 3.54. The summed E-state index contributed by atoms with van der Waals surface area (Å²) in [6.45, 7) is 1.86. The van der Waals surface area contributed by atoms with Crippen LogP contribution in [-0.2, 0) is 0 Å². The lowest BCUT2D eigenvalue weighted by Gasteiger charge is -1.88. The van der Waals surface area contributed by atoms with E-state index in [0.717, 1.165) is 5.76 Å². The predicted octanol–water partition coefficient (Wildman–Crippen LogP) is 1.59. The molecule has 0 spiro atoms. The van der Waals surface area contributed by atoms with Crippen molar-refractivity contribution in [3.8, 4) is 11.6 Å². The van der Waals surface area contributed by atoms with Gasteiger partial charge in [-0.1, -0.05) is 6.07 Å². The van der Waals surface area contributed by atoms with Gasteiger partial charge in [0.1, 0.15) is 5.76 Å². The van der Waals surface area contributed by atoms with Crippen LogP contribution in [0.15, 0.2) is 39.5 Å². The van der Waals surface area contributed by atoms with Gasteiger partial charge in [-0.3, -0.25) is 9.89 Å². The molecule has 0 saturated heterocycles. The topological polar surface area (TPSA) is 63.3 Å². The van der Waals surface area contributed by atoms with Crippen LogP contribution in [-0.4, -0.2) is 14.6 Å². The van der Waals surface area contributed by atoms with Crippen molar-refractivity contribution in [2.45, 2.75) is 6.92 Å². The first kappa shape index (κ1) is 8.96. The summed E-state index contributed by atoms with van der Waals surface area (Å²) in [4.78, 5) is 15.8. The number of pyridine rings is 1. The zero-order chi connectivity index (χ0) is 11.1. The summed E-state index contributed by atoms with van der Waals surface area (Å²) in [5.74, 6) is 1.99. The molecule has 0 aliphatic carbocycles. The van der Waals surface area contributed by atoms with Crippen LogP contribution < -0.4 is 5.56 Å². The highest BCUT2D eigenvalue weighted by molar-refractivity contribution is 5.52. The number of rotatable bonds is 1. The molecule has 3 heterocycles. The van der Waals surface area contributed by atoms with E-state index in [0.29, 0.717) is 17.2 Å². The Balaban J connectivity index is 2.26. The highest BCUT2D eigenvalue weighted by Crippen LogP contribution is 2.18. The summed E-state index contributed by atoms with van der Waals surface area (Å²) >= 11 is 0. The molecular formula is C11H9N3O2. The molecule has 0 amide bonds. The molecule has 0 saturated carbocycles. The third kappa shape index (κ3) is 1.25. The van der Waals surface area contributed by atoms with E-state index in [1.54, 1.807) is 12.1 Å². The molecule has 1 N–H and O–H groups in total. The quantitative estimate of drug-likeness (QED) is 0.670. The van der Waals surface area contributed by atoms with E-state index in [4.69, 9.17) is 4.42 Å². The maximum absolute atomic E-state index is 11.5. The predicted molar refractivity (Wildman–Crippen MR) is 58.3 cm³/mol. The van der Waals surface area contributed by atoms with E-state index in [9.17, 15) is 4.79 Å². The normalized spacial score (nSPS) is 11.1. The Bertz CT molecular complexity index is 705. The first-order valence-electron chi connectivity index (χ1n) is 4.89. The maximum Gasteiger partial charge on any atom is 0.271 e. The van der Waals surface area contributed by atoms with Crippen molar-refractivity contribution >= 4 is 5.65 Å². The van der Waals surface area contributed by atoms with Gasteiger partial charge in [-0.05, 0) is 25.1 Å². The van der Waals surface area contributed by atoms with Crippen molar-refractivity contribution in [1.29, 1.82) is 0 Å². The SMILES string of the molecule is Cc1ccc(-c2nc3cccc(=O)n3[nH]2)o1. The third-order valence-electron chi connectivity index (χ3n) is 2.35. The Kier molecular flexibility index (Phi) is 1.73. The van der Waals surface area contributed by atoms with Crippen molar-refractivity contribution in [1.82, 2.24) is 14.6 Å². The number of nitrogens with one attached hydrogen (secondary N) is 1. The Labute approximate surface area is 90.3 Å². The molecule has 3 aromatic heterocycles. The lowest BCUT2D eigenvalue weighted by molar-refractivity contribution is 0.544. The van der Waals surface area contributed by atoms with Gasteiger partial charge in [-0.25, -0.2) is 4.98 Å². The maximum atomic E-state index is 11.5. The van der Waals surface area contributed by atoms with E-state index in [1.165, 1.54) is 10.6 Å². The van der Waals surface area contributed by atoms with Gasteiger partial charge in [0.25, 0.3) is 5.56 Å². The van der Waals surface area contributed by atoms with Crippen molar-refractivity contribution in [2.24, 2.45) is 0 Å². The first-order chi connectivity index (χ1) is 7.74. The van der Waals surface area contributed by atoms with Crippen molar-refractivity contribution in [2.75, 3.05) is 0 Å². The first-order valence-corrected chi connectivity index (χ1v) is 4.89. The zero-order valence-electron chi connectivity index (χ0n) is 8.60. The third-order valence-corrected chi connectivity index (χ3v) is 2.35. The van der Waals surface area contributed by atoms with Crippen LogP contribution in [0.25, 0.3) is 17.2 Å². The van der Waals surface area contributed by atoms with E-state index >= 15 is 0 Å². The molecule has 0 radical (unpaired) electrons. The van der Waals surface area contributed by atoms with E-state index in [1.807, 2.05) is 19.1 Å². The molecule has 5 heteroatoms. The number of aryl methyl sites for hydroxylation is 1. The fraction of sp³-hybridized carbons (Fsp3) is 0.0909. The molecular weight excluding hydrogens is 206 g/mol. The summed E-state index contributed by atoms with van der Waals surface area (Å²) in [6.07, 6.45) is 0. The van der Waals surface area contributed by atoms with E-state index < -0.39 is 0 Å². The van der Waals surface area contributed by atoms with Crippen molar-refractivity contribution in [3.05, 3.63) is 46.4 Å². The number of hydrogen-bond acceptors (Lipinski definition) is 3. The van der Waals surface area contributed by atoms with Gasteiger partial charge in [0.05, 0.1) is 0 Å². The summed E-state index contributed by atoms with van der Waals surface area (Å²) < 4.78 is 6.81. The van der Waals surface area contributed by atoms with Gasteiger partial charge < -0.3 is 4.42 Å². The molecule has 3 rings (SSSR count). The highest BCUT2D eigenvalue weighted by Gasteiger charge is 2.08. The Morgan fingerprint density at radius 1 is 1.31 bits per heavy atom. The molecule has 0 aliphatic rings. The second kappa shape index (κ2) is 3.10. The van der Waals surface area contributed by atoms with Crippen LogP contribution in [0.4, 0.5) is 0 Å². The van der Waals surface area contributed by atoms with Crippen molar-refractivity contribution < 1.29 is 4.42 Å². The number of hydrogen-bond donors (Lipinski definition) is 1. The largest absolute Gasteiger partial charge is 0.458 e. The minimum atomic E-state index is -0.139. The van der Waals surface area contributed by atoms with Gasteiger partial charge in [0.15, 0.2) is 17.2 Å². The van der Waals surface area contributed by atoms with Gasteiger partial charge in [-0.2, -0.15) is 4.52 Å². The number of nitrogens with zero attached hydrogens (tertiary/aromatic N) is 2. The summed E-state index contributed by atoms with van der Waals surface area (Å²) in [5, 5.41) is 2.89. The molecule has 3 aromatic rings. The van der Waals surface area contributed by atoms with E-state index in [-0.39, 0.29) is 5.56 Å². The summed E-state index contributed by atoms with van der Waals surface area (Å²) in [5.41, 5.74) is 0.441. The minimum absolute atomic E-state index is 0.139. The molecule has 0 aliphatic heterocycles. The fourth-order valence-corrected chi connectivity index (χ4v) is 1.60. The Morgan fingerprint density at radius 3 is 2.88 bits per heavy atom. The molecule has 0 aromatic carbocycles. The van der Waals surface area contributed by atoms with Crippen LogP contribution >= 0.6 is 0 Å². The van der Waals surface area contributed by atoms with Gasteiger partial charge >= 0.3 is 0 Å². The zero-order valence-corrected chi connectivity index (χ0v) is 8.60. The molecule has 80 valence electrons. The minimum Gasteiger partial charge on any atom is -0.458 e. The molecule has 5 nitrogen and oxygen atoms in total. The standard InChI is InChI=1S/C11H9N3O2/c1-7-5-6-8(16-7)11-12-9-3-2-4-10(15)14(9)13-11/h2-6H,1H3,(H,12,13). The fourth-order valence-electron chi connectivity index (χ4n) is 1.60. The number of aromatic amines is 1. The van der Waals surface area contributed by atoms with Crippen LogP contribution in [0, 0.1) is 6.92 Å². The second-order valence-corrected chi connectivity index (χ2v) is 3.54. The molecule has 0 unspecified atom stereocenters. The number of H-pyrrole nitrogens is 1. The summed E-state index contributed by atoms with van der Waals surface area (Å²) in [6, 6.07) is 8.58. The van der Waals surface area contributed by atoms with Crippen LogP contribution in [0.3, 0.4) is 0 Å². The smallest absolute Gasteiger partial charge is 0.271 e. The lowest BCUT2D eigenvalue weighted by Crippen LogP contribution is -2.11. The highest BCUT2D eigenvalue weighted by atomic mass is 16.3. The Morgan fingerprint density at radius 2 is 2.19 bits per heavy atom. The van der Waals surface area contributed by atoms with Gasteiger partial charge in [0, 0.05) is 6.07 Å². The number of furan rings is 1. The van der Waals surface area contributed by atoms with Gasteiger partial charge in [-0.15, -0.1) is 0 Å².